The molecular formula is C19H19N3O2S. The number of piperazine rings is 1. The molecule has 2 heterocycles. The molecule has 0 radical (unpaired) electrons. The Bertz CT molecular complexity index is 900. The zero-order valence-electron chi connectivity index (χ0n) is 14.0. The first-order valence-corrected chi connectivity index (χ1v) is 9.14. The van der Waals surface area contributed by atoms with Gasteiger partial charge >= 0.3 is 0 Å². The van der Waals surface area contributed by atoms with E-state index < -0.39 is 0 Å². The Kier molecular flexibility index (Phi) is 4.28. The molecule has 2 aromatic carbocycles. The van der Waals surface area contributed by atoms with Crippen molar-refractivity contribution in [3.63, 3.8) is 0 Å². The molecule has 128 valence electrons. The predicted octanol–water partition coefficient (Wildman–Crippen LogP) is 3.27. The van der Waals surface area contributed by atoms with E-state index in [2.05, 4.69) is 16.0 Å². The molecule has 1 aliphatic heterocycles. The second-order valence-corrected chi connectivity index (χ2v) is 6.90. The Balaban J connectivity index is 1.44. The smallest absolute Gasteiger partial charge is 0.254 e. The van der Waals surface area contributed by atoms with Crippen molar-refractivity contribution >= 4 is 33.1 Å². The van der Waals surface area contributed by atoms with Crippen LogP contribution < -0.4 is 9.64 Å². The number of carbonyl (C=O) groups excluding carboxylic acids is 1. The fourth-order valence-corrected chi connectivity index (χ4v) is 3.86. The van der Waals surface area contributed by atoms with Gasteiger partial charge in [-0.3, -0.25) is 4.79 Å². The Morgan fingerprint density at radius 2 is 1.96 bits per heavy atom. The van der Waals surface area contributed by atoms with Crippen molar-refractivity contribution in [3.05, 3.63) is 53.5 Å². The summed E-state index contributed by atoms with van der Waals surface area (Å²) in [4.78, 5) is 21.3. The zero-order chi connectivity index (χ0) is 17.2. The molecule has 1 aromatic heterocycles. The van der Waals surface area contributed by atoms with Crippen LogP contribution in [-0.2, 0) is 0 Å². The van der Waals surface area contributed by atoms with E-state index in [0.717, 1.165) is 53.4 Å². The van der Waals surface area contributed by atoms with Gasteiger partial charge in [-0.15, -0.1) is 11.3 Å². The Labute approximate surface area is 150 Å². The number of hydrogen-bond donors (Lipinski definition) is 0. The lowest BCUT2D eigenvalue weighted by molar-refractivity contribution is 0.0747. The van der Waals surface area contributed by atoms with Crippen molar-refractivity contribution in [2.45, 2.75) is 0 Å². The molecule has 3 aromatic rings. The molecule has 0 bridgehead atoms. The summed E-state index contributed by atoms with van der Waals surface area (Å²) in [5.41, 5.74) is 4.64. The van der Waals surface area contributed by atoms with Gasteiger partial charge in [-0.2, -0.15) is 0 Å². The largest absolute Gasteiger partial charge is 0.497 e. The first kappa shape index (κ1) is 15.9. The number of hydrogen-bond acceptors (Lipinski definition) is 5. The van der Waals surface area contributed by atoms with Crippen LogP contribution in [0.25, 0.3) is 10.2 Å². The van der Waals surface area contributed by atoms with Gasteiger partial charge in [-0.1, -0.05) is 6.07 Å². The number of benzene rings is 2. The lowest BCUT2D eigenvalue weighted by atomic mass is 10.1. The number of fused-ring (bicyclic) bond motifs is 1. The second-order valence-electron chi connectivity index (χ2n) is 6.02. The van der Waals surface area contributed by atoms with Crippen molar-refractivity contribution < 1.29 is 9.53 Å². The summed E-state index contributed by atoms with van der Waals surface area (Å²) < 4.78 is 6.35. The average molecular weight is 353 g/mol. The van der Waals surface area contributed by atoms with Crippen LogP contribution in [0.1, 0.15) is 10.4 Å². The highest BCUT2D eigenvalue weighted by Gasteiger charge is 2.22. The highest BCUT2D eigenvalue weighted by Crippen LogP contribution is 2.23. The molecule has 1 aliphatic rings. The summed E-state index contributed by atoms with van der Waals surface area (Å²) in [6.07, 6.45) is 0. The highest BCUT2D eigenvalue weighted by atomic mass is 32.1. The maximum absolute atomic E-state index is 12.8. The standard InChI is InChI=1S/C19H19N3O2S/c1-24-16-4-2-3-15(12-16)21-7-9-22(10-8-21)19(23)14-5-6-17-18(11-14)25-13-20-17/h2-6,11-13H,7-10H2,1H3. The first-order chi connectivity index (χ1) is 12.2. The zero-order valence-corrected chi connectivity index (χ0v) is 14.8. The van der Waals surface area contributed by atoms with Crippen molar-refractivity contribution in [3.8, 4) is 5.75 Å². The Morgan fingerprint density at radius 3 is 2.76 bits per heavy atom. The summed E-state index contributed by atoms with van der Waals surface area (Å²) in [7, 11) is 1.68. The van der Waals surface area contributed by atoms with Crippen LogP contribution in [0.2, 0.25) is 0 Å². The van der Waals surface area contributed by atoms with E-state index in [0.29, 0.717) is 0 Å². The molecule has 0 spiro atoms. The molecule has 1 amide bonds. The molecule has 0 aliphatic carbocycles. The Hall–Kier alpha value is -2.60. The minimum absolute atomic E-state index is 0.0978. The van der Waals surface area contributed by atoms with Crippen LogP contribution in [0.4, 0.5) is 5.69 Å². The third-order valence-corrected chi connectivity index (χ3v) is 5.36. The lowest BCUT2D eigenvalue weighted by Crippen LogP contribution is -2.48. The van der Waals surface area contributed by atoms with E-state index in [9.17, 15) is 4.79 Å². The summed E-state index contributed by atoms with van der Waals surface area (Å²) in [6.45, 7) is 3.08. The third-order valence-electron chi connectivity index (χ3n) is 4.56. The Morgan fingerprint density at radius 1 is 1.12 bits per heavy atom. The van der Waals surface area contributed by atoms with Gasteiger partial charge in [-0.05, 0) is 30.3 Å². The number of anilines is 1. The van der Waals surface area contributed by atoms with Crippen LogP contribution in [-0.4, -0.2) is 49.1 Å². The molecule has 0 atom stereocenters. The second kappa shape index (κ2) is 6.72. The van der Waals surface area contributed by atoms with Gasteiger partial charge in [0.25, 0.3) is 5.91 Å². The monoisotopic (exact) mass is 353 g/mol. The van der Waals surface area contributed by atoms with Crippen molar-refractivity contribution in [1.29, 1.82) is 0 Å². The van der Waals surface area contributed by atoms with Gasteiger partial charge < -0.3 is 14.5 Å². The summed E-state index contributed by atoms with van der Waals surface area (Å²) in [6, 6.07) is 13.8. The maximum Gasteiger partial charge on any atom is 0.254 e. The van der Waals surface area contributed by atoms with Crippen molar-refractivity contribution in [1.82, 2.24) is 9.88 Å². The summed E-state index contributed by atoms with van der Waals surface area (Å²) in [5, 5.41) is 0. The molecule has 1 saturated heterocycles. The maximum atomic E-state index is 12.8. The van der Waals surface area contributed by atoms with Gasteiger partial charge in [0.15, 0.2) is 0 Å². The molecule has 0 unspecified atom stereocenters. The number of methoxy groups -OCH3 is 1. The highest BCUT2D eigenvalue weighted by molar-refractivity contribution is 7.16. The lowest BCUT2D eigenvalue weighted by Gasteiger charge is -2.36. The SMILES string of the molecule is COc1cccc(N2CCN(C(=O)c3ccc4ncsc4c3)CC2)c1. The molecule has 0 N–H and O–H groups in total. The van der Waals surface area contributed by atoms with E-state index in [1.807, 2.05) is 46.8 Å². The molecule has 1 fully saturated rings. The van der Waals surface area contributed by atoms with Crippen LogP contribution in [0.15, 0.2) is 48.0 Å². The van der Waals surface area contributed by atoms with Crippen LogP contribution in [0.5, 0.6) is 5.75 Å². The minimum atomic E-state index is 0.0978. The quantitative estimate of drug-likeness (QED) is 0.725. The van der Waals surface area contributed by atoms with E-state index >= 15 is 0 Å². The van der Waals surface area contributed by atoms with Gasteiger partial charge in [-0.25, -0.2) is 4.98 Å². The molecule has 25 heavy (non-hydrogen) atoms. The van der Waals surface area contributed by atoms with Gasteiger partial charge in [0.2, 0.25) is 0 Å². The normalized spacial score (nSPS) is 14.8. The third kappa shape index (κ3) is 3.17. The van der Waals surface area contributed by atoms with Crippen LogP contribution in [0.3, 0.4) is 0 Å². The number of carbonyl (C=O) groups is 1. The fourth-order valence-electron chi connectivity index (χ4n) is 3.15. The van der Waals surface area contributed by atoms with Crippen molar-refractivity contribution in [2.75, 3.05) is 38.2 Å². The summed E-state index contributed by atoms with van der Waals surface area (Å²) >= 11 is 1.56. The number of thiazole rings is 1. The van der Waals surface area contributed by atoms with Crippen LogP contribution in [0, 0.1) is 0 Å². The molecule has 4 rings (SSSR count). The average Bonchev–Trinajstić information content (AvgIpc) is 3.15. The number of nitrogens with zero attached hydrogens (tertiary/aromatic N) is 3. The van der Waals surface area contributed by atoms with Crippen molar-refractivity contribution in [2.24, 2.45) is 0 Å². The summed E-state index contributed by atoms with van der Waals surface area (Å²) in [5.74, 6) is 0.953. The first-order valence-electron chi connectivity index (χ1n) is 8.26. The molecule has 0 saturated carbocycles. The molecule has 5 nitrogen and oxygen atoms in total. The predicted molar refractivity (Wildman–Crippen MR) is 101 cm³/mol. The number of aromatic nitrogens is 1. The number of rotatable bonds is 3. The molecule has 6 heteroatoms. The van der Waals surface area contributed by atoms with E-state index in [1.165, 1.54) is 0 Å². The fraction of sp³-hybridized carbons (Fsp3) is 0.263. The van der Waals surface area contributed by atoms with E-state index in [-0.39, 0.29) is 5.91 Å². The van der Waals surface area contributed by atoms with Gasteiger partial charge in [0.1, 0.15) is 5.75 Å². The topological polar surface area (TPSA) is 45.7 Å². The van der Waals surface area contributed by atoms with Crippen LogP contribution >= 0.6 is 11.3 Å². The van der Waals surface area contributed by atoms with E-state index in [4.69, 9.17) is 4.74 Å². The van der Waals surface area contributed by atoms with Gasteiger partial charge in [0.05, 0.1) is 22.8 Å². The number of amides is 1. The van der Waals surface area contributed by atoms with Gasteiger partial charge in [0, 0.05) is 43.5 Å². The molecular weight excluding hydrogens is 334 g/mol. The van der Waals surface area contributed by atoms with E-state index in [1.54, 1.807) is 18.4 Å². The number of ether oxygens (including phenoxy) is 1. The minimum Gasteiger partial charge on any atom is -0.497 e.